The van der Waals surface area contributed by atoms with Gasteiger partial charge in [0.2, 0.25) is 0 Å². The molecule has 0 fully saturated rings. The minimum atomic E-state index is -0.995. The van der Waals surface area contributed by atoms with E-state index in [9.17, 15) is 9.90 Å². The Bertz CT molecular complexity index is 814. The molecule has 106 valence electrons. The molecule has 2 N–H and O–H groups in total. The number of fused-ring (bicyclic) bond motifs is 1. The van der Waals surface area contributed by atoms with Gasteiger partial charge in [0, 0.05) is 17.0 Å². The Hall–Kier alpha value is -2.47. The van der Waals surface area contributed by atoms with Crippen LogP contribution in [0.2, 0.25) is 0 Å². The average Bonchev–Trinajstić information content (AvgIpc) is 2.90. The topological polar surface area (TPSA) is 75.1 Å². The number of aryl methyl sites for hydroxylation is 1. The highest BCUT2D eigenvalue weighted by Crippen LogP contribution is 2.26. The van der Waals surface area contributed by atoms with Crippen molar-refractivity contribution in [2.24, 2.45) is 0 Å². The summed E-state index contributed by atoms with van der Waals surface area (Å²) in [6, 6.07) is 7.47. The standard InChI is InChI=1S/C15H13N3O2S/c1-9-18-10(8-21-9)6-17-14-11-4-2-3-5-13(11)16-7-12(14)15(19)20/h2-5,7-8H,6H2,1H3,(H,16,17)(H,19,20). The lowest BCUT2D eigenvalue weighted by Gasteiger charge is -2.11. The van der Waals surface area contributed by atoms with Crippen LogP contribution in [0.25, 0.3) is 10.9 Å². The summed E-state index contributed by atoms with van der Waals surface area (Å²) in [5.74, 6) is -0.995. The lowest BCUT2D eigenvalue weighted by Crippen LogP contribution is -2.08. The first kappa shape index (κ1) is 13.5. The fourth-order valence-corrected chi connectivity index (χ4v) is 2.77. The van der Waals surface area contributed by atoms with Crippen molar-refractivity contribution in [3.05, 3.63) is 52.1 Å². The molecule has 0 saturated carbocycles. The summed E-state index contributed by atoms with van der Waals surface area (Å²) < 4.78 is 0. The van der Waals surface area contributed by atoms with E-state index in [1.807, 2.05) is 36.6 Å². The van der Waals surface area contributed by atoms with Crippen LogP contribution in [0.5, 0.6) is 0 Å². The molecule has 1 aromatic carbocycles. The number of nitrogens with zero attached hydrogens (tertiary/aromatic N) is 2. The van der Waals surface area contributed by atoms with E-state index in [2.05, 4.69) is 15.3 Å². The third kappa shape index (κ3) is 2.71. The lowest BCUT2D eigenvalue weighted by molar-refractivity contribution is 0.0697. The Morgan fingerprint density at radius 2 is 2.19 bits per heavy atom. The number of carboxylic acids is 1. The molecule has 0 atom stereocenters. The van der Waals surface area contributed by atoms with Gasteiger partial charge in [-0.25, -0.2) is 9.78 Å². The molecule has 0 bridgehead atoms. The van der Waals surface area contributed by atoms with E-state index in [4.69, 9.17) is 0 Å². The molecule has 6 heteroatoms. The van der Waals surface area contributed by atoms with Gasteiger partial charge in [-0.15, -0.1) is 11.3 Å². The zero-order chi connectivity index (χ0) is 14.8. The zero-order valence-electron chi connectivity index (χ0n) is 11.3. The largest absolute Gasteiger partial charge is 0.478 e. The van der Waals surface area contributed by atoms with Crippen LogP contribution in [0, 0.1) is 6.92 Å². The van der Waals surface area contributed by atoms with Gasteiger partial charge in [-0.1, -0.05) is 18.2 Å². The normalized spacial score (nSPS) is 10.7. The maximum absolute atomic E-state index is 11.4. The Balaban J connectivity index is 2.01. The highest BCUT2D eigenvalue weighted by Gasteiger charge is 2.14. The number of aromatic carboxylic acids is 1. The van der Waals surface area contributed by atoms with Crippen molar-refractivity contribution in [3.8, 4) is 0 Å². The molecule has 0 spiro atoms. The van der Waals surface area contributed by atoms with E-state index in [1.165, 1.54) is 6.20 Å². The Morgan fingerprint density at radius 1 is 1.38 bits per heavy atom. The van der Waals surface area contributed by atoms with Crippen LogP contribution in [0.3, 0.4) is 0 Å². The van der Waals surface area contributed by atoms with Crippen LogP contribution in [0.1, 0.15) is 21.1 Å². The summed E-state index contributed by atoms with van der Waals surface area (Å²) in [6.07, 6.45) is 1.39. The number of aromatic nitrogens is 2. The van der Waals surface area contributed by atoms with Crippen LogP contribution < -0.4 is 5.32 Å². The van der Waals surface area contributed by atoms with Crippen molar-refractivity contribution in [1.82, 2.24) is 9.97 Å². The van der Waals surface area contributed by atoms with Gasteiger partial charge in [-0.3, -0.25) is 4.98 Å². The van der Waals surface area contributed by atoms with Gasteiger partial charge in [-0.2, -0.15) is 0 Å². The lowest BCUT2D eigenvalue weighted by atomic mass is 10.1. The average molecular weight is 299 g/mol. The smallest absolute Gasteiger partial charge is 0.339 e. The Labute approximate surface area is 125 Å². The van der Waals surface area contributed by atoms with Crippen LogP contribution in [-0.4, -0.2) is 21.0 Å². The number of benzene rings is 1. The fourth-order valence-electron chi connectivity index (χ4n) is 2.16. The third-order valence-electron chi connectivity index (χ3n) is 3.12. The summed E-state index contributed by atoms with van der Waals surface area (Å²) in [6.45, 7) is 2.43. The van der Waals surface area contributed by atoms with Gasteiger partial charge >= 0.3 is 5.97 Å². The van der Waals surface area contributed by atoms with Crippen molar-refractivity contribution in [1.29, 1.82) is 0 Å². The molecule has 0 aliphatic carbocycles. The number of pyridine rings is 1. The van der Waals surface area contributed by atoms with E-state index in [-0.39, 0.29) is 5.56 Å². The van der Waals surface area contributed by atoms with Crippen molar-refractivity contribution >= 4 is 33.9 Å². The van der Waals surface area contributed by atoms with Crippen molar-refractivity contribution < 1.29 is 9.90 Å². The van der Waals surface area contributed by atoms with E-state index < -0.39 is 5.97 Å². The first-order chi connectivity index (χ1) is 10.1. The predicted molar refractivity (Wildman–Crippen MR) is 82.9 cm³/mol. The number of nitrogens with one attached hydrogen (secondary N) is 1. The van der Waals surface area contributed by atoms with Crippen molar-refractivity contribution in [3.63, 3.8) is 0 Å². The second kappa shape index (κ2) is 5.49. The summed E-state index contributed by atoms with van der Waals surface area (Å²) in [5, 5.41) is 16.3. The molecule has 0 aliphatic rings. The number of carboxylic acid groups (broad SMARTS) is 1. The van der Waals surface area contributed by atoms with Gasteiger partial charge in [0.15, 0.2) is 0 Å². The summed E-state index contributed by atoms with van der Waals surface area (Å²) in [4.78, 5) is 19.9. The molecule has 0 saturated heterocycles. The number of thiazole rings is 1. The van der Waals surface area contributed by atoms with E-state index >= 15 is 0 Å². The summed E-state index contributed by atoms with van der Waals surface area (Å²) in [5.41, 5.74) is 2.41. The molecular weight excluding hydrogens is 286 g/mol. The maximum atomic E-state index is 11.4. The molecule has 3 aromatic rings. The number of rotatable bonds is 4. The van der Waals surface area contributed by atoms with Gasteiger partial charge in [0.1, 0.15) is 5.56 Å². The van der Waals surface area contributed by atoms with Crippen LogP contribution in [0.15, 0.2) is 35.8 Å². The number of anilines is 1. The minimum Gasteiger partial charge on any atom is -0.478 e. The first-order valence-corrected chi connectivity index (χ1v) is 7.29. The van der Waals surface area contributed by atoms with Crippen molar-refractivity contribution in [2.45, 2.75) is 13.5 Å². The molecular formula is C15H13N3O2S. The van der Waals surface area contributed by atoms with E-state index in [0.29, 0.717) is 12.2 Å². The van der Waals surface area contributed by atoms with Gasteiger partial charge < -0.3 is 10.4 Å². The second-order valence-corrected chi connectivity index (χ2v) is 5.64. The highest BCUT2D eigenvalue weighted by molar-refractivity contribution is 7.09. The number of hydrogen-bond donors (Lipinski definition) is 2. The van der Waals surface area contributed by atoms with E-state index in [0.717, 1.165) is 21.6 Å². The van der Waals surface area contributed by atoms with Crippen LogP contribution in [-0.2, 0) is 6.54 Å². The molecule has 5 nitrogen and oxygen atoms in total. The molecule has 2 heterocycles. The number of carbonyl (C=O) groups is 1. The van der Waals surface area contributed by atoms with Crippen molar-refractivity contribution in [2.75, 3.05) is 5.32 Å². The maximum Gasteiger partial charge on any atom is 0.339 e. The summed E-state index contributed by atoms with van der Waals surface area (Å²) >= 11 is 1.57. The molecule has 3 rings (SSSR count). The number of hydrogen-bond acceptors (Lipinski definition) is 5. The Morgan fingerprint density at radius 3 is 2.90 bits per heavy atom. The number of para-hydroxylation sites is 1. The minimum absolute atomic E-state index is 0.167. The molecule has 0 radical (unpaired) electrons. The molecule has 21 heavy (non-hydrogen) atoms. The second-order valence-electron chi connectivity index (χ2n) is 4.58. The molecule has 0 unspecified atom stereocenters. The third-order valence-corrected chi connectivity index (χ3v) is 3.94. The molecule has 2 aromatic heterocycles. The van der Waals surface area contributed by atoms with Crippen LogP contribution >= 0.6 is 11.3 Å². The van der Waals surface area contributed by atoms with Gasteiger partial charge in [0.05, 0.1) is 28.5 Å². The molecule has 0 amide bonds. The zero-order valence-corrected chi connectivity index (χ0v) is 12.1. The quantitative estimate of drug-likeness (QED) is 0.773. The highest BCUT2D eigenvalue weighted by atomic mass is 32.1. The Kier molecular flexibility index (Phi) is 3.53. The van der Waals surface area contributed by atoms with Gasteiger partial charge in [0.25, 0.3) is 0 Å². The van der Waals surface area contributed by atoms with Crippen LogP contribution in [0.4, 0.5) is 5.69 Å². The monoisotopic (exact) mass is 299 g/mol. The SMILES string of the molecule is Cc1nc(CNc2c(C(=O)O)cnc3ccccc23)cs1. The molecule has 0 aliphatic heterocycles. The van der Waals surface area contributed by atoms with Gasteiger partial charge in [-0.05, 0) is 13.0 Å². The first-order valence-electron chi connectivity index (χ1n) is 6.41. The van der Waals surface area contributed by atoms with E-state index in [1.54, 1.807) is 11.3 Å². The predicted octanol–water partition coefficient (Wildman–Crippen LogP) is 3.31. The fraction of sp³-hybridized carbons (Fsp3) is 0.133. The summed E-state index contributed by atoms with van der Waals surface area (Å²) in [7, 11) is 0.